The molecular formula is C35H39ClN2O11. The van der Waals surface area contributed by atoms with Gasteiger partial charge < -0.3 is 49.0 Å². The van der Waals surface area contributed by atoms with Crippen LogP contribution in [0.1, 0.15) is 66.2 Å². The Kier molecular flexibility index (Phi) is 10.3. The van der Waals surface area contributed by atoms with Crippen LogP contribution in [0.2, 0.25) is 5.02 Å². The number of fused-ring (bicyclic) bond motifs is 1. The molecule has 1 saturated heterocycles. The number of benzene rings is 2. The van der Waals surface area contributed by atoms with Crippen LogP contribution in [-0.4, -0.2) is 69.5 Å². The molecule has 14 heteroatoms. The molecule has 5 rings (SSSR count). The summed E-state index contributed by atoms with van der Waals surface area (Å²) < 4.78 is 28.6. The van der Waals surface area contributed by atoms with Gasteiger partial charge in [0.2, 0.25) is 6.29 Å². The van der Waals surface area contributed by atoms with Crippen molar-refractivity contribution in [2.75, 3.05) is 12.4 Å². The number of aromatic amines is 1. The molecule has 0 unspecified atom stereocenters. The molecule has 2 aromatic carbocycles. The second kappa shape index (κ2) is 14.1. The van der Waals surface area contributed by atoms with Gasteiger partial charge in [-0.3, -0.25) is 4.79 Å². The minimum absolute atomic E-state index is 0.0199. The standard InChI is InChI=1S/C35H39ClN2O11/c1-16(2)7-9-18-15-19(10-13-22(18)39)31(42)38-25-26(40)20-11-14-23(24(36)28(20)47-33(25)44)46-34-27(41)29(30(45-6)35(4,5)49-34)48-32(43)21-12-8-17(3)37-21/h8,10-16,27,29-30,34,37,39-41H,7,9H2,1-6H3,(H,38,42)/t27-,29+,30+,34-/m1/s1. The summed E-state index contributed by atoms with van der Waals surface area (Å²) in [6, 6.07) is 10.3. The fourth-order valence-corrected chi connectivity index (χ4v) is 5.95. The summed E-state index contributed by atoms with van der Waals surface area (Å²) in [5.41, 5.74) is -1.35. The van der Waals surface area contributed by atoms with Crippen LogP contribution in [0.5, 0.6) is 17.2 Å². The lowest BCUT2D eigenvalue weighted by molar-refractivity contribution is -0.305. The average molecular weight is 699 g/mol. The highest BCUT2D eigenvalue weighted by Gasteiger charge is 2.53. The van der Waals surface area contributed by atoms with Gasteiger partial charge in [-0.2, -0.15) is 0 Å². The summed E-state index contributed by atoms with van der Waals surface area (Å²) in [5.74, 6) is -1.69. The van der Waals surface area contributed by atoms with Crippen LogP contribution in [0.4, 0.5) is 5.69 Å². The third kappa shape index (κ3) is 7.39. The Morgan fingerprint density at radius 3 is 2.51 bits per heavy atom. The molecule has 4 atom stereocenters. The first-order valence-electron chi connectivity index (χ1n) is 15.6. The lowest BCUT2D eigenvalue weighted by atomic mass is 9.89. The zero-order valence-electron chi connectivity index (χ0n) is 27.8. The van der Waals surface area contributed by atoms with Gasteiger partial charge in [-0.25, -0.2) is 9.59 Å². The van der Waals surface area contributed by atoms with Gasteiger partial charge >= 0.3 is 11.6 Å². The van der Waals surface area contributed by atoms with Gasteiger partial charge in [0.15, 0.2) is 29.2 Å². The van der Waals surface area contributed by atoms with Crippen LogP contribution >= 0.6 is 11.6 Å². The number of aliphatic hydroxyl groups excluding tert-OH is 1. The van der Waals surface area contributed by atoms with Crippen molar-refractivity contribution in [3.8, 4) is 17.2 Å². The number of aromatic nitrogens is 1. The van der Waals surface area contributed by atoms with Crippen LogP contribution in [-0.2, 0) is 20.6 Å². The van der Waals surface area contributed by atoms with Crippen molar-refractivity contribution < 1.29 is 48.3 Å². The summed E-state index contributed by atoms with van der Waals surface area (Å²) in [4.78, 5) is 41.9. The van der Waals surface area contributed by atoms with Gasteiger partial charge in [0.25, 0.3) is 5.91 Å². The van der Waals surface area contributed by atoms with E-state index in [1.54, 1.807) is 32.9 Å². The lowest BCUT2D eigenvalue weighted by Crippen LogP contribution is -2.65. The maximum absolute atomic E-state index is 13.1. The Bertz CT molecular complexity index is 1930. The van der Waals surface area contributed by atoms with Crippen LogP contribution in [0.15, 0.2) is 51.7 Å². The molecule has 1 aliphatic rings. The molecule has 262 valence electrons. The summed E-state index contributed by atoms with van der Waals surface area (Å²) in [5, 5.41) is 34.7. The number of carbonyl (C=O) groups is 2. The number of amides is 1. The number of halogens is 1. The van der Waals surface area contributed by atoms with E-state index in [1.165, 1.54) is 37.4 Å². The van der Waals surface area contributed by atoms with Crippen LogP contribution in [0.25, 0.3) is 11.0 Å². The van der Waals surface area contributed by atoms with Gasteiger partial charge in [0.05, 0.1) is 11.0 Å². The van der Waals surface area contributed by atoms with E-state index in [9.17, 15) is 29.7 Å². The van der Waals surface area contributed by atoms with Crippen molar-refractivity contribution in [2.45, 2.75) is 77.7 Å². The minimum Gasteiger partial charge on any atom is -0.508 e. The maximum Gasteiger partial charge on any atom is 0.364 e. The number of phenolic OH excluding ortho intramolecular Hbond substituents is 1. The number of rotatable bonds is 10. The molecule has 4 aromatic rings. The Morgan fingerprint density at radius 1 is 1.12 bits per heavy atom. The molecular weight excluding hydrogens is 660 g/mol. The molecule has 0 bridgehead atoms. The molecule has 0 spiro atoms. The Hall–Kier alpha value is -4.56. The predicted octanol–water partition coefficient (Wildman–Crippen LogP) is 5.45. The zero-order valence-corrected chi connectivity index (χ0v) is 28.6. The zero-order chi connectivity index (χ0) is 35.8. The molecule has 0 aliphatic carbocycles. The smallest absolute Gasteiger partial charge is 0.364 e. The van der Waals surface area contributed by atoms with E-state index in [2.05, 4.69) is 10.3 Å². The van der Waals surface area contributed by atoms with E-state index in [1.807, 2.05) is 13.8 Å². The van der Waals surface area contributed by atoms with Crippen LogP contribution < -0.4 is 15.7 Å². The van der Waals surface area contributed by atoms with Gasteiger partial charge in [-0.15, -0.1) is 0 Å². The summed E-state index contributed by atoms with van der Waals surface area (Å²) in [6.07, 6.45) is -3.79. The highest BCUT2D eigenvalue weighted by molar-refractivity contribution is 6.36. The fraction of sp³-hybridized carbons (Fsp3) is 0.400. The lowest BCUT2D eigenvalue weighted by Gasteiger charge is -2.47. The number of anilines is 1. The number of nitrogens with one attached hydrogen (secondary N) is 2. The Morgan fingerprint density at radius 2 is 1.86 bits per heavy atom. The number of methoxy groups -OCH3 is 1. The highest BCUT2D eigenvalue weighted by Crippen LogP contribution is 2.41. The van der Waals surface area contributed by atoms with E-state index < -0.39 is 59.1 Å². The van der Waals surface area contributed by atoms with E-state index in [0.717, 1.165) is 12.1 Å². The van der Waals surface area contributed by atoms with E-state index >= 15 is 0 Å². The van der Waals surface area contributed by atoms with E-state index in [-0.39, 0.29) is 38.7 Å². The van der Waals surface area contributed by atoms with Crippen LogP contribution in [0.3, 0.4) is 0 Å². The summed E-state index contributed by atoms with van der Waals surface area (Å²) in [6.45, 7) is 9.20. The first kappa shape index (κ1) is 35.7. The number of esters is 1. The molecule has 0 saturated carbocycles. The van der Waals surface area contributed by atoms with Crippen LogP contribution in [0, 0.1) is 12.8 Å². The second-order valence-electron chi connectivity index (χ2n) is 12.9. The van der Waals surface area contributed by atoms with Crippen molar-refractivity contribution in [1.29, 1.82) is 0 Å². The molecule has 3 heterocycles. The van der Waals surface area contributed by atoms with Gasteiger partial charge in [-0.05, 0) is 87.6 Å². The maximum atomic E-state index is 13.1. The average Bonchev–Trinajstić information content (AvgIpc) is 3.48. The topological polar surface area (TPSA) is 190 Å². The second-order valence-corrected chi connectivity index (χ2v) is 13.3. The molecule has 2 aromatic heterocycles. The Balaban J connectivity index is 1.39. The number of aromatic hydroxyl groups is 2. The highest BCUT2D eigenvalue weighted by atomic mass is 35.5. The first-order valence-corrected chi connectivity index (χ1v) is 16.0. The van der Waals surface area contributed by atoms with Crippen molar-refractivity contribution in [2.24, 2.45) is 5.92 Å². The number of hydrogen-bond donors (Lipinski definition) is 5. The quantitative estimate of drug-likeness (QED) is 0.105. The number of carbonyl (C=O) groups excluding carboxylic acids is 2. The third-order valence-corrected chi connectivity index (χ3v) is 8.69. The number of hydrogen-bond acceptors (Lipinski definition) is 11. The normalized spacial score (nSPS) is 20.3. The van der Waals surface area contributed by atoms with Crippen molar-refractivity contribution in [3.05, 3.63) is 80.4 Å². The van der Waals surface area contributed by atoms with Crippen molar-refractivity contribution in [1.82, 2.24) is 4.98 Å². The molecule has 1 aliphatic heterocycles. The molecule has 5 N–H and O–H groups in total. The van der Waals surface area contributed by atoms with Crippen molar-refractivity contribution >= 4 is 40.1 Å². The number of phenols is 1. The molecule has 1 amide bonds. The number of H-pyrrole nitrogens is 1. The SMILES string of the molecule is CO[C@H]1[C@@H](OC(=O)c2ccc(C)[nH]2)[C@@H](O)[C@H](Oc2ccc3c(O)c(NC(=O)c4ccc(O)c(CCC(C)C)c4)c(=O)oc3c2Cl)OC1(C)C. The van der Waals surface area contributed by atoms with Gasteiger partial charge in [0.1, 0.15) is 28.3 Å². The number of ether oxygens (including phenoxy) is 4. The fourth-order valence-electron chi connectivity index (χ4n) is 5.70. The Labute approximate surface area is 286 Å². The molecule has 49 heavy (non-hydrogen) atoms. The number of aliphatic hydroxyl groups is 1. The largest absolute Gasteiger partial charge is 0.508 e. The number of aryl methyl sites for hydroxylation is 2. The molecule has 13 nitrogen and oxygen atoms in total. The molecule has 1 fully saturated rings. The predicted molar refractivity (Wildman–Crippen MR) is 179 cm³/mol. The monoisotopic (exact) mass is 698 g/mol. The summed E-state index contributed by atoms with van der Waals surface area (Å²) >= 11 is 6.59. The van der Waals surface area contributed by atoms with Gasteiger partial charge in [-0.1, -0.05) is 25.4 Å². The molecule has 0 radical (unpaired) electrons. The van der Waals surface area contributed by atoms with E-state index in [4.69, 9.17) is 35.0 Å². The third-order valence-electron chi connectivity index (χ3n) is 8.33. The summed E-state index contributed by atoms with van der Waals surface area (Å²) in [7, 11) is 1.39. The first-order chi connectivity index (χ1) is 23.1. The van der Waals surface area contributed by atoms with E-state index in [0.29, 0.717) is 17.9 Å². The van der Waals surface area contributed by atoms with Gasteiger partial charge in [0, 0.05) is 18.4 Å². The minimum atomic E-state index is -1.56. The van der Waals surface area contributed by atoms with Crippen molar-refractivity contribution in [3.63, 3.8) is 0 Å².